The zero-order chi connectivity index (χ0) is 12.8. The van der Waals surface area contributed by atoms with Crippen molar-refractivity contribution in [3.63, 3.8) is 0 Å². The maximum Gasteiger partial charge on any atom is 0.354 e. The van der Waals surface area contributed by atoms with Gasteiger partial charge in [0.2, 0.25) is 5.91 Å². The van der Waals surface area contributed by atoms with Crippen LogP contribution in [-0.4, -0.2) is 19.0 Å². The van der Waals surface area contributed by atoms with Crippen LogP contribution in [0.1, 0.15) is 12.5 Å². The second-order valence-electron chi connectivity index (χ2n) is 3.29. The first-order valence-corrected chi connectivity index (χ1v) is 5.65. The first-order chi connectivity index (χ1) is 8.02. The first-order valence-electron chi connectivity index (χ1n) is 4.86. The van der Waals surface area contributed by atoms with E-state index >= 15 is 0 Å². The number of esters is 1. The molecule has 1 aromatic carbocycles. The van der Waals surface area contributed by atoms with Crippen LogP contribution >= 0.6 is 15.9 Å². The summed E-state index contributed by atoms with van der Waals surface area (Å²) in [5, 5.41) is 2.43. The van der Waals surface area contributed by atoms with Crippen LogP contribution < -0.4 is 5.32 Å². The van der Waals surface area contributed by atoms with Crippen molar-refractivity contribution in [2.24, 2.45) is 0 Å². The second-order valence-corrected chi connectivity index (χ2v) is 4.20. The average molecular weight is 298 g/mol. The van der Waals surface area contributed by atoms with Gasteiger partial charge >= 0.3 is 5.97 Å². The predicted molar refractivity (Wildman–Crippen MR) is 68.0 cm³/mol. The molecule has 0 aliphatic rings. The summed E-state index contributed by atoms with van der Waals surface area (Å²) in [5.74, 6) is -0.906. The second kappa shape index (κ2) is 6.20. The van der Waals surface area contributed by atoms with Gasteiger partial charge in [0.15, 0.2) is 0 Å². The molecule has 0 spiro atoms. The molecule has 0 aliphatic heterocycles. The maximum absolute atomic E-state index is 11.4. The summed E-state index contributed by atoms with van der Waals surface area (Å²) in [5.41, 5.74) is 0.895. The molecule has 0 saturated heterocycles. The molecule has 1 aromatic rings. The third kappa shape index (κ3) is 4.40. The van der Waals surface area contributed by atoms with Crippen molar-refractivity contribution < 1.29 is 14.3 Å². The monoisotopic (exact) mass is 297 g/mol. The van der Waals surface area contributed by atoms with Crippen molar-refractivity contribution in [1.29, 1.82) is 0 Å². The van der Waals surface area contributed by atoms with Gasteiger partial charge in [-0.1, -0.05) is 28.1 Å². The van der Waals surface area contributed by atoms with E-state index in [1.54, 1.807) is 6.08 Å². The summed E-state index contributed by atoms with van der Waals surface area (Å²) in [6.45, 7) is 1.33. The minimum Gasteiger partial charge on any atom is -0.464 e. The molecule has 1 amide bonds. The van der Waals surface area contributed by atoms with Crippen LogP contribution in [0, 0.1) is 0 Å². The molecule has 90 valence electrons. The Kier molecular flexibility index (Phi) is 4.90. The number of hydrogen-bond acceptors (Lipinski definition) is 3. The topological polar surface area (TPSA) is 55.4 Å². The molecule has 0 unspecified atom stereocenters. The number of rotatable bonds is 3. The highest BCUT2D eigenvalue weighted by molar-refractivity contribution is 9.10. The molecule has 17 heavy (non-hydrogen) atoms. The Bertz CT molecular complexity index is 469. The molecule has 4 nitrogen and oxygen atoms in total. The third-order valence-corrected chi connectivity index (χ3v) is 2.37. The van der Waals surface area contributed by atoms with Gasteiger partial charge in [-0.05, 0) is 23.8 Å². The van der Waals surface area contributed by atoms with Gasteiger partial charge in [-0.3, -0.25) is 4.79 Å². The van der Waals surface area contributed by atoms with Crippen LogP contribution in [0.3, 0.4) is 0 Å². The van der Waals surface area contributed by atoms with Crippen molar-refractivity contribution >= 4 is 33.9 Å². The number of benzene rings is 1. The van der Waals surface area contributed by atoms with E-state index < -0.39 is 5.97 Å². The van der Waals surface area contributed by atoms with Gasteiger partial charge in [-0.15, -0.1) is 0 Å². The molecule has 0 bridgehead atoms. The van der Waals surface area contributed by atoms with E-state index in [-0.39, 0.29) is 11.6 Å². The lowest BCUT2D eigenvalue weighted by atomic mass is 10.2. The van der Waals surface area contributed by atoms with Crippen LogP contribution in [-0.2, 0) is 14.3 Å². The molecule has 0 heterocycles. The molecule has 5 heteroatoms. The minimum atomic E-state index is -0.583. The highest BCUT2D eigenvalue weighted by atomic mass is 79.9. The number of amides is 1. The summed E-state index contributed by atoms with van der Waals surface area (Å²) >= 11 is 3.32. The van der Waals surface area contributed by atoms with Crippen LogP contribution in [0.2, 0.25) is 0 Å². The van der Waals surface area contributed by atoms with Crippen LogP contribution in [0.5, 0.6) is 0 Å². The van der Waals surface area contributed by atoms with Crippen molar-refractivity contribution in [3.8, 4) is 0 Å². The van der Waals surface area contributed by atoms with E-state index in [0.717, 1.165) is 10.0 Å². The van der Waals surface area contributed by atoms with E-state index in [9.17, 15) is 9.59 Å². The van der Waals surface area contributed by atoms with E-state index in [2.05, 4.69) is 26.0 Å². The Morgan fingerprint density at radius 1 is 1.41 bits per heavy atom. The Balaban J connectivity index is 3.04. The fourth-order valence-corrected chi connectivity index (χ4v) is 1.63. The standard InChI is InChI=1S/C12H12BrNO3/c1-8(15)14-11(12(16)17-2)7-9-4-3-5-10(13)6-9/h3-7H,1-2H3,(H,14,15)/b11-7-. The number of nitrogens with one attached hydrogen (secondary N) is 1. The highest BCUT2D eigenvalue weighted by Crippen LogP contribution is 2.14. The van der Waals surface area contributed by atoms with Crippen LogP contribution in [0.4, 0.5) is 0 Å². The lowest BCUT2D eigenvalue weighted by Crippen LogP contribution is -2.25. The van der Waals surface area contributed by atoms with Gasteiger partial charge in [-0.25, -0.2) is 4.79 Å². The van der Waals surface area contributed by atoms with E-state index in [1.807, 2.05) is 24.3 Å². The predicted octanol–water partition coefficient (Wildman–Crippen LogP) is 2.10. The first kappa shape index (κ1) is 13.4. The molecule has 0 aliphatic carbocycles. The minimum absolute atomic E-state index is 0.109. The normalized spacial score (nSPS) is 10.9. The third-order valence-electron chi connectivity index (χ3n) is 1.88. The molecule has 1 rings (SSSR count). The van der Waals surface area contributed by atoms with Gasteiger partial charge in [-0.2, -0.15) is 0 Å². The summed E-state index contributed by atoms with van der Waals surface area (Å²) in [6.07, 6.45) is 1.55. The van der Waals surface area contributed by atoms with Crippen LogP contribution in [0.25, 0.3) is 6.08 Å². The van der Waals surface area contributed by atoms with Gasteiger partial charge in [0.05, 0.1) is 7.11 Å². The van der Waals surface area contributed by atoms with Gasteiger partial charge < -0.3 is 10.1 Å². The zero-order valence-corrected chi connectivity index (χ0v) is 11.1. The van der Waals surface area contributed by atoms with Crippen LogP contribution in [0.15, 0.2) is 34.4 Å². The van der Waals surface area contributed by atoms with Crippen molar-refractivity contribution in [2.45, 2.75) is 6.92 Å². The molecule has 1 N–H and O–H groups in total. The Morgan fingerprint density at radius 3 is 2.65 bits per heavy atom. The number of hydrogen-bond donors (Lipinski definition) is 1. The molecule has 0 fully saturated rings. The van der Waals surface area contributed by atoms with E-state index in [4.69, 9.17) is 0 Å². The number of halogens is 1. The molecule has 0 saturated carbocycles. The molecule has 0 aromatic heterocycles. The molecular weight excluding hydrogens is 286 g/mol. The lowest BCUT2D eigenvalue weighted by Gasteiger charge is -2.06. The Morgan fingerprint density at radius 2 is 2.12 bits per heavy atom. The van der Waals surface area contributed by atoms with E-state index in [0.29, 0.717) is 0 Å². The zero-order valence-electron chi connectivity index (χ0n) is 9.49. The SMILES string of the molecule is COC(=O)/C(=C/c1cccc(Br)c1)NC(C)=O. The summed E-state index contributed by atoms with van der Waals surface area (Å²) in [4.78, 5) is 22.4. The lowest BCUT2D eigenvalue weighted by molar-refractivity contribution is -0.137. The highest BCUT2D eigenvalue weighted by Gasteiger charge is 2.10. The Hall–Kier alpha value is -1.62. The van der Waals surface area contributed by atoms with Gasteiger partial charge in [0, 0.05) is 11.4 Å². The molecule has 0 radical (unpaired) electrons. The fourth-order valence-electron chi connectivity index (χ4n) is 1.21. The number of carbonyl (C=O) groups is 2. The van der Waals surface area contributed by atoms with Gasteiger partial charge in [0.1, 0.15) is 5.70 Å². The molecular formula is C12H12BrNO3. The number of methoxy groups -OCH3 is 1. The average Bonchev–Trinajstić information content (AvgIpc) is 2.26. The van der Waals surface area contributed by atoms with Crippen molar-refractivity contribution in [3.05, 3.63) is 40.0 Å². The van der Waals surface area contributed by atoms with Gasteiger partial charge in [0.25, 0.3) is 0 Å². The largest absolute Gasteiger partial charge is 0.464 e. The summed E-state index contributed by atoms with van der Waals surface area (Å²) in [7, 11) is 1.26. The van der Waals surface area contributed by atoms with Crippen molar-refractivity contribution in [1.82, 2.24) is 5.32 Å². The number of ether oxygens (including phenoxy) is 1. The number of carbonyl (C=O) groups excluding carboxylic acids is 2. The molecule has 0 atom stereocenters. The Labute approximate surface area is 108 Å². The smallest absolute Gasteiger partial charge is 0.354 e. The van der Waals surface area contributed by atoms with Crippen molar-refractivity contribution in [2.75, 3.05) is 7.11 Å². The summed E-state index contributed by atoms with van der Waals surface area (Å²) in [6, 6.07) is 7.34. The quantitative estimate of drug-likeness (QED) is 0.687. The maximum atomic E-state index is 11.4. The summed E-state index contributed by atoms with van der Waals surface area (Å²) < 4.78 is 5.47. The van der Waals surface area contributed by atoms with E-state index in [1.165, 1.54) is 14.0 Å². The fraction of sp³-hybridized carbons (Fsp3) is 0.167.